The summed E-state index contributed by atoms with van der Waals surface area (Å²) in [5, 5.41) is 3.27. The number of aliphatic imine (C=N–C) groups is 1. The van der Waals surface area contributed by atoms with Crippen LogP contribution in [0.2, 0.25) is 0 Å². The minimum absolute atomic E-state index is 0.249. The molecule has 2 aliphatic rings. The molecule has 1 amide bonds. The van der Waals surface area contributed by atoms with Crippen LogP contribution in [0.3, 0.4) is 0 Å². The van der Waals surface area contributed by atoms with Crippen LogP contribution in [-0.2, 0) is 15.0 Å². The van der Waals surface area contributed by atoms with Crippen LogP contribution >= 0.6 is 0 Å². The Morgan fingerprint density at radius 1 is 0.853 bits per heavy atom. The molecule has 6 nitrogen and oxygen atoms in total. The summed E-state index contributed by atoms with van der Waals surface area (Å²) in [6, 6.07) is 8.72. The van der Waals surface area contributed by atoms with E-state index in [2.05, 4.69) is 132 Å². The van der Waals surface area contributed by atoms with Crippen LogP contribution < -0.4 is 10.2 Å². The number of anilines is 2. The first-order valence-electron chi connectivity index (χ1n) is 30.8. The van der Waals surface area contributed by atoms with Crippen molar-refractivity contribution in [1.29, 1.82) is 0 Å². The molecule has 0 radical (unpaired) electrons. The van der Waals surface area contributed by atoms with Gasteiger partial charge in [-0.3, -0.25) is 14.6 Å². The lowest BCUT2D eigenvalue weighted by molar-refractivity contribution is -0.127. The number of ketones is 1. The topological polar surface area (TPSA) is 74.7 Å². The normalized spacial score (nSPS) is 16.9. The van der Waals surface area contributed by atoms with Crippen molar-refractivity contribution in [3.05, 3.63) is 71.2 Å². The molecule has 4 rings (SSSR count). The monoisotopic (exact) mass is 1040 g/mol. The van der Waals surface area contributed by atoms with Gasteiger partial charge in [0.1, 0.15) is 17.4 Å². The number of pyridine rings is 1. The van der Waals surface area contributed by atoms with Crippen molar-refractivity contribution in [2.75, 3.05) is 10.2 Å². The summed E-state index contributed by atoms with van der Waals surface area (Å²) in [6.45, 7) is 42.8. The first kappa shape index (κ1) is 71.1. The lowest BCUT2D eigenvalue weighted by atomic mass is 9.73. The number of nitrogens with zero attached hydrogens (tertiary/aromatic N) is 3. The van der Waals surface area contributed by atoms with Crippen LogP contribution in [-0.4, -0.2) is 28.9 Å². The summed E-state index contributed by atoms with van der Waals surface area (Å²) in [4.78, 5) is 38.5. The second kappa shape index (κ2) is 39.5. The summed E-state index contributed by atoms with van der Waals surface area (Å²) in [7, 11) is 0. The molecule has 1 aliphatic heterocycles. The Balaban J connectivity index is 0.00000149. The molecule has 7 heteroatoms. The second-order valence-electron chi connectivity index (χ2n) is 22.7. The van der Waals surface area contributed by atoms with Crippen molar-refractivity contribution in [2.45, 2.75) is 285 Å². The van der Waals surface area contributed by atoms with E-state index in [9.17, 15) is 9.59 Å². The van der Waals surface area contributed by atoms with E-state index in [4.69, 9.17) is 9.98 Å². The molecule has 1 aromatic carbocycles. The molecule has 2 unspecified atom stereocenters. The average molecular weight is 1040 g/mol. The van der Waals surface area contributed by atoms with Crippen molar-refractivity contribution in [2.24, 2.45) is 34.1 Å². The largest absolute Gasteiger partial charge is 0.338 e. The molecule has 75 heavy (non-hydrogen) atoms. The molecule has 0 saturated heterocycles. The highest BCUT2D eigenvalue weighted by atomic mass is 19.1. The van der Waals surface area contributed by atoms with Crippen molar-refractivity contribution in [3.8, 4) is 11.3 Å². The van der Waals surface area contributed by atoms with Gasteiger partial charge in [0.05, 0.1) is 22.5 Å². The number of allylic oxidation sites excluding steroid dienone is 5. The van der Waals surface area contributed by atoms with Crippen molar-refractivity contribution < 1.29 is 14.0 Å². The number of unbranched alkanes of at least 4 members (excludes halogenated alkanes) is 3. The zero-order valence-corrected chi connectivity index (χ0v) is 52.5. The van der Waals surface area contributed by atoms with Gasteiger partial charge in [-0.2, -0.15) is 0 Å². The van der Waals surface area contributed by atoms with Gasteiger partial charge in [-0.05, 0) is 125 Å². The highest BCUT2D eigenvalue weighted by Gasteiger charge is 2.53. The van der Waals surface area contributed by atoms with E-state index in [1.807, 2.05) is 53.0 Å². The summed E-state index contributed by atoms with van der Waals surface area (Å²) >= 11 is 0. The van der Waals surface area contributed by atoms with E-state index in [1.54, 1.807) is 12.2 Å². The number of carbonyl (C=O) groups excluding carboxylic acids is 2. The molecular formula is C68H117FN4O2. The fourth-order valence-electron chi connectivity index (χ4n) is 10.2. The summed E-state index contributed by atoms with van der Waals surface area (Å²) in [5.74, 6) is 3.15. The van der Waals surface area contributed by atoms with Crippen molar-refractivity contribution >= 4 is 35.1 Å². The van der Waals surface area contributed by atoms with Crippen LogP contribution in [0, 0.1) is 36.0 Å². The van der Waals surface area contributed by atoms with Gasteiger partial charge in [0, 0.05) is 40.9 Å². The number of amides is 1. The Morgan fingerprint density at radius 3 is 1.99 bits per heavy atom. The third-order valence-corrected chi connectivity index (χ3v) is 14.8. The highest BCUT2D eigenvalue weighted by molar-refractivity contribution is 6.09. The van der Waals surface area contributed by atoms with Gasteiger partial charge in [0.25, 0.3) is 0 Å². The molecule has 1 fully saturated rings. The van der Waals surface area contributed by atoms with Gasteiger partial charge in [-0.15, -0.1) is 0 Å². The number of fused-ring (bicyclic) bond motifs is 1. The van der Waals surface area contributed by atoms with E-state index in [-0.39, 0.29) is 23.7 Å². The van der Waals surface area contributed by atoms with Gasteiger partial charge in [-0.1, -0.05) is 220 Å². The van der Waals surface area contributed by atoms with Crippen LogP contribution in [0.4, 0.5) is 21.6 Å². The molecule has 1 N–H and O–H groups in total. The Labute approximate surface area is 463 Å². The Hall–Kier alpha value is -3.87. The molecular weight excluding hydrogens is 924 g/mol. The van der Waals surface area contributed by atoms with E-state index < -0.39 is 5.41 Å². The molecule has 2 aromatic rings. The average Bonchev–Trinajstić information content (AvgIpc) is 3.60. The summed E-state index contributed by atoms with van der Waals surface area (Å²) in [6.07, 6.45) is 31.9. The lowest BCUT2D eigenvalue weighted by Gasteiger charge is -2.42. The summed E-state index contributed by atoms with van der Waals surface area (Å²) < 4.78 is 15.2. The minimum Gasteiger partial charge on any atom is -0.338 e. The number of Topliss-reactive ketones (excluding diaryl/α,β-unsaturated/α-hetero) is 1. The predicted octanol–water partition coefficient (Wildman–Crippen LogP) is 22.0. The first-order valence-corrected chi connectivity index (χ1v) is 30.8. The van der Waals surface area contributed by atoms with Crippen LogP contribution in [0.5, 0.6) is 0 Å². The van der Waals surface area contributed by atoms with Crippen LogP contribution in [0.25, 0.3) is 11.3 Å². The zero-order chi connectivity index (χ0) is 57.1. The van der Waals surface area contributed by atoms with Gasteiger partial charge in [0.2, 0.25) is 5.91 Å². The van der Waals surface area contributed by atoms with Gasteiger partial charge in [0.15, 0.2) is 0 Å². The number of hydrogen-bond acceptors (Lipinski definition) is 5. The number of hydrogen-bond donors (Lipinski definition) is 1. The molecule has 0 bridgehead atoms. The minimum atomic E-state index is -0.465. The van der Waals surface area contributed by atoms with Gasteiger partial charge >= 0.3 is 0 Å². The molecule has 2 heterocycles. The number of carbonyl (C=O) groups is 2. The molecule has 2 atom stereocenters. The van der Waals surface area contributed by atoms with E-state index in [1.165, 1.54) is 63.9 Å². The zero-order valence-electron chi connectivity index (χ0n) is 52.5. The third kappa shape index (κ3) is 23.7. The highest BCUT2D eigenvalue weighted by Crippen LogP contribution is 2.52. The SMILES string of the molecule is CC.CC(C)C.CCCC(C)(C)CC.CCCCCCC(CCC)C(=O)C(C)CC.C\C=C/C(Nc1nc(-c2ccc3c(c2)N(C2CC(CCC)C2)C(=O)C3(CCC)CCC)cc(N=CCC)c1C)=C(F)\C=C\CC. The number of aromatic nitrogens is 1. The van der Waals surface area contributed by atoms with Crippen molar-refractivity contribution in [3.63, 3.8) is 0 Å². The van der Waals surface area contributed by atoms with Gasteiger partial charge in [-0.25, -0.2) is 9.37 Å². The molecule has 1 aliphatic carbocycles. The summed E-state index contributed by atoms with van der Waals surface area (Å²) in [5.41, 5.74) is 5.98. The Morgan fingerprint density at radius 2 is 1.49 bits per heavy atom. The fraction of sp³-hybridized carbons (Fsp3) is 0.706. The van der Waals surface area contributed by atoms with Crippen LogP contribution in [0.15, 0.2) is 65.1 Å². The standard InChI is InChI=1S/C39H53FN4O.C15H30O.C8H18.C4H10.C2H6/c1-8-14-17-32(40)33(16-10-3)42-37-27(7)34(41-22-13-6)26-35(43-37)29-18-19-31-36(25-29)44(30-23-28(24-30)15-9-2)38(45)39(31,20-11-4)21-12-5;1-5-8-9-10-12-14(11-6-2)15(16)13(4)7-3;1-5-7-8(3,4)6-2;1-4(2)3;1-2/h10,14,16-19,22,25-26,28,30H,8-9,11-13,15,20-21,23-24H2,1-7H3,(H,42,43);13-14H,5-12H2,1-4H3;5-7H2,1-4H3;4H,1-3H3;1-2H3/b16-10-,17-14+,33-32-,41-22?;;;;. The molecule has 1 aromatic heterocycles. The van der Waals surface area contributed by atoms with E-state index in [0.29, 0.717) is 34.5 Å². The lowest BCUT2D eigenvalue weighted by Crippen LogP contribution is -2.50. The maximum atomic E-state index is 15.2. The Bertz CT molecular complexity index is 1990. The smallest absolute Gasteiger partial charge is 0.237 e. The molecule has 1 saturated carbocycles. The second-order valence-corrected chi connectivity index (χ2v) is 22.7. The van der Waals surface area contributed by atoms with Crippen LogP contribution in [0.1, 0.15) is 278 Å². The third-order valence-electron chi connectivity index (χ3n) is 14.8. The Kier molecular flexibility index (Phi) is 37.4. The molecule has 428 valence electrons. The number of nitrogens with one attached hydrogen (secondary N) is 1. The fourth-order valence-corrected chi connectivity index (χ4v) is 10.2. The van der Waals surface area contributed by atoms with Gasteiger partial charge < -0.3 is 10.2 Å². The van der Waals surface area contributed by atoms with Crippen molar-refractivity contribution in [1.82, 2.24) is 4.98 Å². The predicted molar refractivity (Wildman–Crippen MR) is 332 cm³/mol. The van der Waals surface area contributed by atoms with E-state index >= 15 is 4.39 Å². The maximum Gasteiger partial charge on any atom is 0.237 e. The van der Waals surface area contributed by atoms with E-state index in [0.717, 1.165) is 117 Å². The first-order chi connectivity index (χ1) is 35.8. The maximum absolute atomic E-state index is 15.2. The number of benzene rings is 1. The quantitative estimate of drug-likeness (QED) is 0.0523. The molecule has 0 spiro atoms. The number of rotatable bonds is 28. The number of halogens is 1.